The van der Waals surface area contributed by atoms with Gasteiger partial charge in [-0.05, 0) is 0 Å². The molecule has 3 nitrogen and oxygen atoms in total. The number of rotatable bonds is 5. The van der Waals surface area contributed by atoms with E-state index in [0.29, 0.717) is 6.54 Å². The van der Waals surface area contributed by atoms with Crippen LogP contribution in [0.15, 0.2) is 18.2 Å². The molecule has 0 saturated carbocycles. The van der Waals surface area contributed by atoms with Gasteiger partial charge in [-0.25, -0.2) is 0 Å². The summed E-state index contributed by atoms with van der Waals surface area (Å²) in [6, 6.07) is 3.77. The first-order valence-corrected chi connectivity index (χ1v) is 10.8. The first-order valence-electron chi connectivity index (χ1n) is 6.22. The monoisotopic (exact) mass is 287 g/mol. The van der Waals surface area contributed by atoms with Crippen LogP contribution in [0.25, 0.3) is 0 Å². The Labute approximate surface area is 113 Å². The first-order chi connectivity index (χ1) is 8.45. The molecule has 5 heteroatoms. The van der Waals surface area contributed by atoms with Crippen molar-refractivity contribution >= 4 is 17.4 Å². The van der Waals surface area contributed by atoms with Crippen molar-refractivity contribution < 1.29 is 9.63 Å². The van der Waals surface area contributed by atoms with Gasteiger partial charge >= 0.3 is 113 Å². The Hall–Kier alpha value is -0.280. The standard InChI is InChI=1S/C13H22NO2PS/c1-16-13-5-4-11(8-12(13)9-14)10-18-17(2,15)6-3-7-17/h4-5,8,15H,3,6-7,9-10,14H2,1-2H3. The van der Waals surface area contributed by atoms with Crippen LogP contribution in [0.1, 0.15) is 17.5 Å². The average Bonchev–Trinajstić information content (AvgIpc) is 2.34. The predicted octanol–water partition coefficient (Wildman–Crippen LogP) is 2.80. The van der Waals surface area contributed by atoms with Gasteiger partial charge in [0.1, 0.15) is 0 Å². The van der Waals surface area contributed by atoms with Crippen molar-refractivity contribution in [3.63, 3.8) is 0 Å². The molecule has 0 spiro atoms. The molecule has 1 aliphatic heterocycles. The van der Waals surface area contributed by atoms with Crippen LogP contribution in [-0.4, -0.2) is 31.0 Å². The van der Waals surface area contributed by atoms with E-state index in [1.165, 1.54) is 12.0 Å². The molecule has 0 aliphatic carbocycles. The average molecular weight is 287 g/mol. The Morgan fingerprint density at radius 3 is 2.67 bits per heavy atom. The van der Waals surface area contributed by atoms with Gasteiger partial charge in [-0.15, -0.1) is 0 Å². The third-order valence-electron chi connectivity index (χ3n) is 3.63. The quantitative estimate of drug-likeness (QED) is 0.818. The summed E-state index contributed by atoms with van der Waals surface area (Å²) < 4.78 is 5.26. The molecule has 2 rings (SSSR count). The van der Waals surface area contributed by atoms with E-state index in [-0.39, 0.29) is 0 Å². The minimum absolute atomic E-state index is 0.483. The zero-order valence-electron chi connectivity index (χ0n) is 11.1. The van der Waals surface area contributed by atoms with E-state index in [0.717, 1.165) is 29.4 Å². The second-order valence-corrected chi connectivity index (χ2v) is 14.4. The molecule has 1 fully saturated rings. The zero-order chi connectivity index (χ0) is 13.3. The van der Waals surface area contributed by atoms with Crippen LogP contribution < -0.4 is 10.5 Å². The first kappa shape index (κ1) is 14.1. The number of hydrogen-bond donors (Lipinski definition) is 2. The van der Waals surface area contributed by atoms with Crippen molar-refractivity contribution in [2.75, 3.05) is 26.1 Å². The summed E-state index contributed by atoms with van der Waals surface area (Å²) in [4.78, 5) is 10.6. The fourth-order valence-electron chi connectivity index (χ4n) is 2.21. The Bertz CT molecular complexity index is 443. The number of nitrogens with two attached hydrogens (primary N) is 1. The molecule has 102 valence electrons. The summed E-state index contributed by atoms with van der Waals surface area (Å²) in [6.45, 7) is 2.56. The van der Waals surface area contributed by atoms with Gasteiger partial charge in [0.25, 0.3) is 0 Å². The van der Waals surface area contributed by atoms with Crippen LogP contribution >= 0.6 is 17.4 Å². The zero-order valence-corrected chi connectivity index (χ0v) is 12.8. The van der Waals surface area contributed by atoms with Gasteiger partial charge in [0.2, 0.25) is 0 Å². The van der Waals surface area contributed by atoms with E-state index in [4.69, 9.17) is 10.5 Å². The summed E-state index contributed by atoms with van der Waals surface area (Å²) in [7, 11) is 1.66. The molecule has 3 N–H and O–H groups in total. The third-order valence-corrected chi connectivity index (χ3v) is 11.5. The van der Waals surface area contributed by atoms with Crippen LogP contribution in [0.2, 0.25) is 0 Å². The van der Waals surface area contributed by atoms with Gasteiger partial charge in [0.15, 0.2) is 0 Å². The molecule has 1 saturated heterocycles. The third kappa shape index (κ3) is 3.00. The van der Waals surface area contributed by atoms with E-state index >= 15 is 0 Å². The van der Waals surface area contributed by atoms with Gasteiger partial charge in [-0.1, -0.05) is 0 Å². The Kier molecular flexibility index (Phi) is 3.93. The van der Waals surface area contributed by atoms with Gasteiger partial charge in [-0.2, -0.15) is 0 Å². The summed E-state index contributed by atoms with van der Waals surface area (Å²) >= 11 is 1.76. The Morgan fingerprint density at radius 2 is 2.17 bits per heavy atom. The molecule has 1 aromatic rings. The topological polar surface area (TPSA) is 55.5 Å². The van der Waals surface area contributed by atoms with E-state index in [2.05, 4.69) is 18.8 Å². The molecule has 0 bridgehead atoms. The second kappa shape index (κ2) is 5.01. The summed E-state index contributed by atoms with van der Waals surface area (Å²) in [5, 5.41) is 0. The van der Waals surface area contributed by atoms with Crippen molar-refractivity contribution in [2.45, 2.75) is 18.7 Å². The van der Waals surface area contributed by atoms with Crippen molar-refractivity contribution in [1.82, 2.24) is 0 Å². The van der Waals surface area contributed by atoms with E-state index < -0.39 is 6.03 Å². The van der Waals surface area contributed by atoms with Crippen LogP contribution in [0.4, 0.5) is 0 Å². The molecule has 0 unspecified atom stereocenters. The molecular weight excluding hydrogens is 265 g/mol. The molecule has 0 amide bonds. The van der Waals surface area contributed by atoms with E-state index in [9.17, 15) is 4.89 Å². The fourth-order valence-corrected chi connectivity index (χ4v) is 7.77. The SMILES string of the molecule is COc1ccc(CSP2(C)(O)CCC2)cc1CN. The summed E-state index contributed by atoms with van der Waals surface area (Å²) in [6.07, 6.45) is 3.20. The van der Waals surface area contributed by atoms with Gasteiger partial charge in [0, 0.05) is 0 Å². The number of methoxy groups -OCH3 is 1. The molecular formula is C13H22NO2PS. The Balaban J connectivity index is 2.06. The molecule has 0 aromatic heterocycles. The fraction of sp³-hybridized carbons (Fsp3) is 0.538. The van der Waals surface area contributed by atoms with E-state index in [1.807, 2.05) is 6.07 Å². The molecule has 0 atom stereocenters. The maximum absolute atomic E-state index is 10.6. The van der Waals surface area contributed by atoms with Crippen molar-refractivity contribution in [2.24, 2.45) is 5.73 Å². The maximum atomic E-state index is 10.6. The molecule has 1 aromatic carbocycles. The van der Waals surface area contributed by atoms with Crippen molar-refractivity contribution in [3.8, 4) is 5.75 Å². The molecule has 1 heterocycles. The second-order valence-electron chi connectivity index (χ2n) is 5.29. The van der Waals surface area contributed by atoms with Gasteiger partial charge in [0.05, 0.1) is 0 Å². The van der Waals surface area contributed by atoms with Crippen LogP contribution in [0.5, 0.6) is 5.75 Å². The normalized spacial score (nSPS) is 22.6. The molecule has 0 radical (unpaired) electrons. The number of ether oxygens (including phenoxy) is 1. The van der Waals surface area contributed by atoms with Crippen LogP contribution in [0, 0.1) is 0 Å². The Morgan fingerprint density at radius 1 is 1.44 bits per heavy atom. The van der Waals surface area contributed by atoms with Gasteiger partial charge in [-0.3, -0.25) is 0 Å². The van der Waals surface area contributed by atoms with E-state index in [1.54, 1.807) is 18.5 Å². The molecule has 1 aliphatic rings. The number of benzene rings is 1. The van der Waals surface area contributed by atoms with Crippen molar-refractivity contribution in [3.05, 3.63) is 29.3 Å². The summed E-state index contributed by atoms with van der Waals surface area (Å²) in [5.41, 5.74) is 7.96. The minimum atomic E-state index is -2.34. The van der Waals surface area contributed by atoms with Crippen molar-refractivity contribution in [1.29, 1.82) is 0 Å². The number of hydrogen-bond acceptors (Lipinski definition) is 4. The van der Waals surface area contributed by atoms with Gasteiger partial charge < -0.3 is 0 Å². The predicted molar refractivity (Wildman–Crippen MR) is 81.6 cm³/mol. The van der Waals surface area contributed by atoms with Crippen LogP contribution in [-0.2, 0) is 12.3 Å². The van der Waals surface area contributed by atoms with Crippen LogP contribution in [0.3, 0.4) is 0 Å². The summed E-state index contributed by atoms with van der Waals surface area (Å²) in [5.74, 6) is 1.71. The molecule has 18 heavy (non-hydrogen) atoms.